The number of anilines is 3. The number of benzene rings is 11. The molecule has 12 rings (SSSR count). The van der Waals surface area contributed by atoms with Crippen molar-refractivity contribution < 1.29 is 4.42 Å². The molecular formula is C58H37NO. The Kier molecular flexibility index (Phi) is 7.89. The van der Waals surface area contributed by atoms with Gasteiger partial charge in [0.25, 0.3) is 0 Å². The molecule has 60 heavy (non-hydrogen) atoms. The highest BCUT2D eigenvalue weighted by Gasteiger charge is 2.21. The van der Waals surface area contributed by atoms with Gasteiger partial charge in [0.1, 0.15) is 11.2 Å². The quantitative estimate of drug-likeness (QED) is 0.157. The highest BCUT2D eigenvalue weighted by Crippen LogP contribution is 2.46. The Morgan fingerprint density at radius 1 is 0.283 bits per heavy atom. The average Bonchev–Trinajstić information content (AvgIpc) is 3.69. The van der Waals surface area contributed by atoms with Gasteiger partial charge in [0.2, 0.25) is 0 Å². The van der Waals surface area contributed by atoms with Crippen molar-refractivity contribution in [2.45, 2.75) is 0 Å². The molecule has 0 N–H and O–H groups in total. The third-order valence-corrected chi connectivity index (χ3v) is 12.2. The van der Waals surface area contributed by atoms with Crippen molar-refractivity contribution in [3.63, 3.8) is 0 Å². The summed E-state index contributed by atoms with van der Waals surface area (Å²) < 4.78 is 6.58. The van der Waals surface area contributed by atoms with Gasteiger partial charge in [-0.1, -0.05) is 170 Å². The number of furan rings is 1. The average molecular weight is 764 g/mol. The molecule has 0 atom stereocenters. The van der Waals surface area contributed by atoms with Gasteiger partial charge in [-0.05, 0) is 126 Å². The first kappa shape index (κ1) is 34.1. The largest absolute Gasteiger partial charge is 0.456 e. The second-order valence-electron chi connectivity index (χ2n) is 15.6. The Bertz CT molecular complexity index is 3590. The van der Waals surface area contributed by atoms with E-state index in [0.29, 0.717) is 0 Å². The molecule has 1 heterocycles. The summed E-state index contributed by atoms with van der Waals surface area (Å²) in [7, 11) is 0. The zero-order chi connectivity index (χ0) is 39.6. The lowest BCUT2D eigenvalue weighted by atomic mass is 9.93. The van der Waals surface area contributed by atoms with Crippen LogP contribution in [0.4, 0.5) is 17.1 Å². The Hall–Kier alpha value is -7.94. The minimum Gasteiger partial charge on any atom is -0.456 e. The first-order chi connectivity index (χ1) is 29.7. The van der Waals surface area contributed by atoms with Crippen molar-refractivity contribution in [2.75, 3.05) is 4.90 Å². The molecule has 0 radical (unpaired) electrons. The third kappa shape index (κ3) is 5.57. The number of hydrogen-bond acceptors (Lipinski definition) is 2. The predicted molar refractivity (Wildman–Crippen MR) is 255 cm³/mol. The zero-order valence-electron chi connectivity index (χ0n) is 32.7. The molecule has 280 valence electrons. The summed E-state index contributed by atoms with van der Waals surface area (Å²) in [6.07, 6.45) is 0. The molecule has 0 spiro atoms. The molecule has 0 bridgehead atoms. The minimum absolute atomic E-state index is 0.880. The van der Waals surface area contributed by atoms with Crippen LogP contribution < -0.4 is 4.90 Å². The van der Waals surface area contributed by atoms with Gasteiger partial charge in [-0.25, -0.2) is 0 Å². The zero-order valence-corrected chi connectivity index (χ0v) is 32.7. The molecule has 0 unspecified atom stereocenters. The monoisotopic (exact) mass is 763 g/mol. The van der Waals surface area contributed by atoms with Crippen LogP contribution in [0.25, 0.3) is 98.4 Å². The summed E-state index contributed by atoms with van der Waals surface area (Å²) >= 11 is 0. The number of fused-ring (bicyclic) bond motifs is 8. The van der Waals surface area contributed by atoms with Crippen LogP contribution in [0.5, 0.6) is 0 Å². The summed E-state index contributed by atoms with van der Waals surface area (Å²) in [5, 5.41) is 12.1. The van der Waals surface area contributed by atoms with E-state index in [0.717, 1.165) is 50.1 Å². The van der Waals surface area contributed by atoms with Gasteiger partial charge in [-0.2, -0.15) is 0 Å². The smallest absolute Gasteiger partial charge is 0.136 e. The number of nitrogens with zero attached hydrogens (tertiary/aromatic N) is 1. The first-order valence-electron chi connectivity index (χ1n) is 20.6. The van der Waals surface area contributed by atoms with Crippen LogP contribution >= 0.6 is 0 Å². The Labute approximate surface area is 347 Å². The van der Waals surface area contributed by atoms with Crippen LogP contribution in [-0.4, -0.2) is 0 Å². The van der Waals surface area contributed by atoms with E-state index in [-0.39, 0.29) is 0 Å². The summed E-state index contributed by atoms with van der Waals surface area (Å²) in [6, 6.07) is 81.3. The van der Waals surface area contributed by atoms with Crippen molar-refractivity contribution in [3.8, 4) is 33.4 Å². The fourth-order valence-corrected chi connectivity index (χ4v) is 9.41. The maximum atomic E-state index is 6.58. The second kappa shape index (κ2) is 13.9. The van der Waals surface area contributed by atoms with Gasteiger partial charge in [-0.15, -0.1) is 0 Å². The van der Waals surface area contributed by atoms with Gasteiger partial charge in [-0.3, -0.25) is 0 Å². The maximum absolute atomic E-state index is 6.58. The summed E-state index contributed by atoms with van der Waals surface area (Å²) in [5.74, 6) is 0. The molecule has 12 aromatic rings. The van der Waals surface area contributed by atoms with Crippen LogP contribution in [0, 0.1) is 0 Å². The molecule has 0 aliphatic rings. The van der Waals surface area contributed by atoms with Gasteiger partial charge in [0, 0.05) is 27.7 Å². The SMILES string of the molecule is c1ccc(N(c2ccc(-c3cccc4ccccc34)cc2)c2ccc(-c3cc4ccccc4c4ccccc34)cc2)c(-c2cccc3oc4cc5ccccc5cc4c23)c1. The van der Waals surface area contributed by atoms with Crippen LogP contribution in [0.3, 0.4) is 0 Å². The first-order valence-corrected chi connectivity index (χ1v) is 20.6. The van der Waals surface area contributed by atoms with Crippen molar-refractivity contribution >= 4 is 82.1 Å². The highest BCUT2D eigenvalue weighted by atomic mass is 16.3. The molecule has 0 fully saturated rings. The fraction of sp³-hybridized carbons (Fsp3) is 0. The van der Waals surface area contributed by atoms with Crippen LogP contribution in [-0.2, 0) is 0 Å². The lowest BCUT2D eigenvalue weighted by molar-refractivity contribution is 0.669. The third-order valence-electron chi connectivity index (χ3n) is 12.2. The van der Waals surface area contributed by atoms with Crippen molar-refractivity contribution in [1.29, 1.82) is 0 Å². The summed E-state index contributed by atoms with van der Waals surface area (Å²) in [6.45, 7) is 0. The molecule has 2 nitrogen and oxygen atoms in total. The van der Waals surface area contributed by atoms with Crippen LogP contribution in [0.15, 0.2) is 229 Å². The lowest BCUT2D eigenvalue weighted by Crippen LogP contribution is -2.11. The Morgan fingerprint density at radius 2 is 0.817 bits per heavy atom. The molecule has 0 aliphatic carbocycles. The summed E-state index contributed by atoms with van der Waals surface area (Å²) in [5.41, 5.74) is 12.1. The molecule has 0 amide bonds. The van der Waals surface area contributed by atoms with Crippen LogP contribution in [0.2, 0.25) is 0 Å². The normalized spacial score (nSPS) is 11.7. The molecule has 2 heteroatoms. The molecule has 0 saturated carbocycles. The second-order valence-corrected chi connectivity index (χ2v) is 15.6. The molecule has 1 aromatic heterocycles. The molecule has 11 aromatic carbocycles. The molecular weight excluding hydrogens is 727 g/mol. The molecule has 0 aliphatic heterocycles. The standard InChI is InChI=1S/C58H37NO/c1-2-15-42-37-57-54(35-41(42)14-1)58-52(24-12-26-56(58)60-57)51-22-9-10-25-55(51)59(44-31-27-39(28-32-44)47-23-11-17-38-13-3-5-18-46(38)47)45-33-29-40(30-34-45)53-36-43-16-4-6-19-48(43)49-20-7-8-21-50(49)53/h1-37H. The predicted octanol–water partition coefficient (Wildman–Crippen LogP) is 16.7. The number of para-hydroxylation sites is 1. The lowest BCUT2D eigenvalue weighted by Gasteiger charge is -2.28. The fourth-order valence-electron chi connectivity index (χ4n) is 9.41. The minimum atomic E-state index is 0.880. The number of rotatable bonds is 6. The van der Waals surface area contributed by atoms with Gasteiger partial charge >= 0.3 is 0 Å². The Morgan fingerprint density at radius 3 is 1.58 bits per heavy atom. The van der Waals surface area contributed by atoms with Crippen molar-refractivity contribution in [2.24, 2.45) is 0 Å². The summed E-state index contributed by atoms with van der Waals surface area (Å²) in [4.78, 5) is 2.40. The van der Waals surface area contributed by atoms with Crippen molar-refractivity contribution in [1.82, 2.24) is 0 Å². The van der Waals surface area contributed by atoms with Gasteiger partial charge in [0.15, 0.2) is 0 Å². The van der Waals surface area contributed by atoms with E-state index in [2.05, 4.69) is 229 Å². The highest BCUT2D eigenvalue weighted by molar-refractivity contribution is 6.17. The molecule has 0 saturated heterocycles. The van der Waals surface area contributed by atoms with E-state index >= 15 is 0 Å². The van der Waals surface area contributed by atoms with Gasteiger partial charge < -0.3 is 9.32 Å². The number of hydrogen-bond donors (Lipinski definition) is 0. The topological polar surface area (TPSA) is 16.4 Å². The van der Waals surface area contributed by atoms with Gasteiger partial charge in [0.05, 0.1) is 5.69 Å². The van der Waals surface area contributed by atoms with E-state index in [4.69, 9.17) is 4.42 Å². The maximum Gasteiger partial charge on any atom is 0.136 e. The van der Waals surface area contributed by atoms with Crippen molar-refractivity contribution in [3.05, 3.63) is 224 Å². The van der Waals surface area contributed by atoms with E-state index in [1.54, 1.807) is 0 Å². The van der Waals surface area contributed by atoms with E-state index in [9.17, 15) is 0 Å². The van der Waals surface area contributed by atoms with E-state index < -0.39 is 0 Å². The van der Waals surface area contributed by atoms with E-state index in [1.807, 2.05) is 0 Å². The Balaban J connectivity index is 1.04. The van der Waals surface area contributed by atoms with Crippen LogP contribution in [0.1, 0.15) is 0 Å². The van der Waals surface area contributed by atoms with E-state index in [1.165, 1.54) is 65.3 Å².